The Hall–Kier alpha value is -0.600. The molecule has 0 radical (unpaired) electrons. The Bertz CT molecular complexity index is 226. The van der Waals surface area contributed by atoms with Crippen molar-refractivity contribution < 1.29 is 0 Å². The molecule has 60 valence electrons. The van der Waals surface area contributed by atoms with Gasteiger partial charge in [0.25, 0.3) is 0 Å². The van der Waals surface area contributed by atoms with Crippen molar-refractivity contribution in [1.29, 1.82) is 0 Å². The molecule has 1 aromatic heterocycles. The Labute approximate surface area is 71.5 Å². The Kier molecular flexibility index (Phi) is 2.85. The van der Waals surface area contributed by atoms with Crippen molar-refractivity contribution in [2.75, 3.05) is 0 Å². The summed E-state index contributed by atoms with van der Waals surface area (Å²) in [5.41, 5.74) is 8.25. The highest BCUT2D eigenvalue weighted by Gasteiger charge is 2.04. The summed E-state index contributed by atoms with van der Waals surface area (Å²) in [5.74, 6) is 0. The SMILES string of the molecule is C=C(C)C[C@H](N)c1ccsc1. The number of thiophene rings is 1. The molecular weight excluding hydrogens is 154 g/mol. The molecule has 0 fully saturated rings. The maximum atomic E-state index is 5.89. The minimum atomic E-state index is 0.138. The molecule has 1 atom stereocenters. The van der Waals surface area contributed by atoms with Gasteiger partial charge in [-0.15, -0.1) is 6.58 Å². The summed E-state index contributed by atoms with van der Waals surface area (Å²) >= 11 is 1.69. The number of nitrogens with two attached hydrogens (primary N) is 1. The summed E-state index contributed by atoms with van der Waals surface area (Å²) in [6.07, 6.45) is 0.886. The van der Waals surface area contributed by atoms with E-state index in [9.17, 15) is 0 Å². The van der Waals surface area contributed by atoms with Gasteiger partial charge < -0.3 is 5.73 Å². The van der Waals surface area contributed by atoms with E-state index in [0.29, 0.717) is 0 Å². The van der Waals surface area contributed by atoms with E-state index in [4.69, 9.17) is 5.73 Å². The van der Waals surface area contributed by atoms with Crippen LogP contribution in [-0.2, 0) is 0 Å². The van der Waals surface area contributed by atoms with Crippen LogP contribution < -0.4 is 5.73 Å². The van der Waals surface area contributed by atoms with Crippen molar-refractivity contribution in [3.05, 3.63) is 34.5 Å². The fourth-order valence-corrected chi connectivity index (χ4v) is 1.70. The van der Waals surface area contributed by atoms with Crippen molar-refractivity contribution >= 4 is 11.3 Å². The highest BCUT2D eigenvalue weighted by Crippen LogP contribution is 2.19. The van der Waals surface area contributed by atoms with E-state index >= 15 is 0 Å². The molecule has 11 heavy (non-hydrogen) atoms. The first-order chi connectivity index (χ1) is 5.20. The highest BCUT2D eigenvalue weighted by atomic mass is 32.1. The number of hydrogen-bond acceptors (Lipinski definition) is 2. The average Bonchev–Trinajstić information content (AvgIpc) is 2.35. The van der Waals surface area contributed by atoms with Crippen molar-refractivity contribution in [2.24, 2.45) is 5.73 Å². The summed E-state index contributed by atoms with van der Waals surface area (Å²) in [7, 11) is 0. The van der Waals surface area contributed by atoms with Gasteiger partial charge in [-0.3, -0.25) is 0 Å². The smallest absolute Gasteiger partial charge is 0.0340 e. The third-order valence-corrected chi connectivity index (χ3v) is 2.24. The van der Waals surface area contributed by atoms with Crippen LogP contribution in [0.15, 0.2) is 29.0 Å². The molecule has 0 unspecified atom stereocenters. The van der Waals surface area contributed by atoms with E-state index < -0.39 is 0 Å². The molecule has 0 aliphatic carbocycles. The number of hydrogen-bond donors (Lipinski definition) is 1. The lowest BCUT2D eigenvalue weighted by Crippen LogP contribution is -2.08. The Morgan fingerprint density at radius 3 is 3.00 bits per heavy atom. The highest BCUT2D eigenvalue weighted by molar-refractivity contribution is 7.07. The van der Waals surface area contributed by atoms with Crippen LogP contribution in [0.5, 0.6) is 0 Å². The standard InChI is InChI=1S/C9H13NS/c1-7(2)5-9(10)8-3-4-11-6-8/h3-4,6,9H,1,5,10H2,2H3/t9-/m0/s1. The van der Waals surface area contributed by atoms with Gasteiger partial charge >= 0.3 is 0 Å². The second-order valence-corrected chi connectivity index (χ2v) is 3.60. The minimum absolute atomic E-state index is 0.138. The molecule has 0 spiro atoms. The molecule has 0 aliphatic heterocycles. The summed E-state index contributed by atoms with van der Waals surface area (Å²) in [6.45, 7) is 5.83. The van der Waals surface area contributed by atoms with Crippen LogP contribution >= 0.6 is 11.3 Å². The zero-order valence-corrected chi connectivity index (χ0v) is 7.53. The van der Waals surface area contributed by atoms with Gasteiger partial charge in [-0.1, -0.05) is 5.57 Å². The van der Waals surface area contributed by atoms with Gasteiger partial charge in [0.1, 0.15) is 0 Å². The molecule has 1 aromatic rings. The summed E-state index contributed by atoms with van der Waals surface area (Å²) in [5, 5.41) is 4.14. The second-order valence-electron chi connectivity index (χ2n) is 2.82. The summed E-state index contributed by atoms with van der Waals surface area (Å²) < 4.78 is 0. The second kappa shape index (κ2) is 3.69. The lowest BCUT2D eigenvalue weighted by atomic mass is 10.0. The molecule has 0 saturated carbocycles. The molecule has 1 rings (SSSR count). The lowest BCUT2D eigenvalue weighted by molar-refractivity contribution is 0.720. The van der Waals surface area contributed by atoms with Crippen LogP contribution in [0.25, 0.3) is 0 Å². The third kappa shape index (κ3) is 2.48. The molecule has 2 N–H and O–H groups in total. The molecule has 1 heterocycles. The first kappa shape index (κ1) is 8.50. The van der Waals surface area contributed by atoms with E-state index in [0.717, 1.165) is 12.0 Å². The van der Waals surface area contributed by atoms with Crippen LogP contribution in [0, 0.1) is 0 Å². The molecule has 0 saturated heterocycles. The van der Waals surface area contributed by atoms with Crippen molar-refractivity contribution in [2.45, 2.75) is 19.4 Å². The van der Waals surface area contributed by atoms with E-state index in [1.807, 2.05) is 12.3 Å². The normalized spacial score (nSPS) is 12.9. The van der Waals surface area contributed by atoms with Crippen molar-refractivity contribution in [1.82, 2.24) is 0 Å². The Morgan fingerprint density at radius 2 is 2.55 bits per heavy atom. The molecule has 0 amide bonds. The first-order valence-electron chi connectivity index (χ1n) is 3.62. The minimum Gasteiger partial charge on any atom is -0.324 e. The maximum absolute atomic E-state index is 5.89. The van der Waals surface area contributed by atoms with Gasteiger partial charge in [0, 0.05) is 6.04 Å². The van der Waals surface area contributed by atoms with E-state index in [1.54, 1.807) is 11.3 Å². The predicted octanol–water partition coefficient (Wildman–Crippen LogP) is 2.71. The zero-order chi connectivity index (χ0) is 8.27. The molecule has 0 aliphatic rings. The quantitative estimate of drug-likeness (QED) is 0.688. The summed E-state index contributed by atoms with van der Waals surface area (Å²) in [6, 6.07) is 2.21. The molecular formula is C9H13NS. The van der Waals surface area contributed by atoms with E-state index in [1.165, 1.54) is 5.56 Å². The van der Waals surface area contributed by atoms with Crippen molar-refractivity contribution in [3.8, 4) is 0 Å². The molecule has 1 nitrogen and oxygen atoms in total. The maximum Gasteiger partial charge on any atom is 0.0340 e. The van der Waals surface area contributed by atoms with Crippen LogP contribution in [0.1, 0.15) is 24.9 Å². The van der Waals surface area contributed by atoms with E-state index in [-0.39, 0.29) is 6.04 Å². The third-order valence-electron chi connectivity index (χ3n) is 1.54. The molecule has 0 aromatic carbocycles. The monoisotopic (exact) mass is 167 g/mol. The fraction of sp³-hybridized carbons (Fsp3) is 0.333. The van der Waals surface area contributed by atoms with E-state index in [2.05, 4.69) is 18.0 Å². The predicted molar refractivity (Wildman–Crippen MR) is 50.7 cm³/mol. The first-order valence-corrected chi connectivity index (χ1v) is 4.56. The molecule has 2 heteroatoms. The van der Waals surface area contributed by atoms with Crippen LogP contribution in [-0.4, -0.2) is 0 Å². The van der Waals surface area contributed by atoms with Gasteiger partial charge in [0.2, 0.25) is 0 Å². The van der Waals surface area contributed by atoms with Gasteiger partial charge in [-0.25, -0.2) is 0 Å². The summed E-state index contributed by atoms with van der Waals surface area (Å²) in [4.78, 5) is 0. The fourth-order valence-electron chi connectivity index (χ4n) is 0.979. The van der Waals surface area contributed by atoms with Gasteiger partial charge in [0.05, 0.1) is 0 Å². The number of rotatable bonds is 3. The largest absolute Gasteiger partial charge is 0.324 e. The van der Waals surface area contributed by atoms with Crippen LogP contribution in [0.2, 0.25) is 0 Å². The molecule has 0 bridgehead atoms. The van der Waals surface area contributed by atoms with Gasteiger partial charge in [-0.2, -0.15) is 11.3 Å². The average molecular weight is 167 g/mol. The van der Waals surface area contributed by atoms with Crippen LogP contribution in [0.3, 0.4) is 0 Å². The van der Waals surface area contributed by atoms with Gasteiger partial charge in [0.15, 0.2) is 0 Å². The Morgan fingerprint density at radius 1 is 1.82 bits per heavy atom. The van der Waals surface area contributed by atoms with Crippen LogP contribution in [0.4, 0.5) is 0 Å². The lowest BCUT2D eigenvalue weighted by Gasteiger charge is -2.08. The topological polar surface area (TPSA) is 26.0 Å². The Balaban J connectivity index is 2.56. The zero-order valence-electron chi connectivity index (χ0n) is 6.71. The van der Waals surface area contributed by atoms with Crippen molar-refractivity contribution in [3.63, 3.8) is 0 Å². The van der Waals surface area contributed by atoms with Gasteiger partial charge in [-0.05, 0) is 35.7 Å².